The van der Waals surface area contributed by atoms with E-state index >= 15 is 4.11 Å². The fraction of sp³-hybridized carbons (Fsp3) is 0.700. The maximum absolute atomic E-state index is 15.7. The molecular weight excluding hydrogens is 620 g/mol. The number of ether oxygens (including phenoxy) is 4. The Morgan fingerprint density at radius 2 is 1.06 bits per heavy atom. The van der Waals surface area contributed by atoms with Crippen LogP contribution in [0, 0.1) is 23.7 Å². The fourth-order valence-corrected chi connectivity index (χ4v) is 14.7. The van der Waals surface area contributed by atoms with Crippen LogP contribution in [-0.4, -0.2) is 43.0 Å². The lowest BCUT2D eigenvalue weighted by molar-refractivity contribution is -0.169. The summed E-state index contributed by atoms with van der Waals surface area (Å²) in [6.45, 7) is 20.7. The predicted octanol–water partition coefficient (Wildman–Crippen LogP) is 9.64. The summed E-state index contributed by atoms with van der Waals surface area (Å²) < 4.78 is 38.7. The Kier molecular flexibility index (Phi) is 17.9. The topological polar surface area (TPSA) is 36.9 Å². The molecule has 7 heteroatoms. The molecule has 0 radical (unpaired) electrons. The van der Waals surface area contributed by atoms with Crippen molar-refractivity contribution in [3.63, 3.8) is 0 Å². The van der Waals surface area contributed by atoms with Crippen LogP contribution in [0.2, 0.25) is 24.2 Å². The monoisotopic (exact) mass is 686 g/mol. The second kappa shape index (κ2) is 21.0. The second-order valence-corrected chi connectivity index (χ2v) is 22.1. The Morgan fingerprint density at radius 1 is 0.638 bits per heavy atom. The summed E-state index contributed by atoms with van der Waals surface area (Å²) in [6, 6.07) is 21.5. The van der Waals surface area contributed by atoms with E-state index in [9.17, 15) is 0 Å². The molecule has 2 unspecified atom stereocenters. The third-order valence-electron chi connectivity index (χ3n) is 9.05. The quantitative estimate of drug-likeness (QED) is 0.130. The first-order chi connectivity index (χ1) is 22.4. The van der Waals surface area contributed by atoms with Crippen molar-refractivity contribution >= 4 is 27.6 Å². The largest absolute Gasteiger partial charge is 0.353 e. The van der Waals surface area contributed by atoms with Crippen molar-refractivity contribution in [2.45, 2.75) is 144 Å². The zero-order chi connectivity index (χ0) is 34.2. The van der Waals surface area contributed by atoms with Gasteiger partial charge in [0.15, 0.2) is 12.6 Å². The van der Waals surface area contributed by atoms with E-state index in [1.807, 2.05) is 24.3 Å². The summed E-state index contributed by atoms with van der Waals surface area (Å²) in [7, 11) is -3.74. The zero-order valence-corrected chi connectivity index (χ0v) is 33.2. The molecule has 2 saturated heterocycles. The zero-order valence-electron chi connectivity index (χ0n) is 31.1. The molecule has 0 aliphatic carbocycles. The molecule has 0 N–H and O–H groups in total. The summed E-state index contributed by atoms with van der Waals surface area (Å²) in [5.74, 6) is 2.40. The smallest absolute Gasteiger partial charge is 0.278 e. The van der Waals surface area contributed by atoms with Crippen molar-refractivity contribution < 1.29 is 23.1 Å². The predicted molar refractivity (Wildman–Crippen MR) is 202 cm³/mol. The van der Waals surface area contributed by atoms with Crippen LogP contribution in [0.15, 0.2) is 48.5 Å². The molecule has 2 atom stereocenters. The maximum atomic E-state index is 15.7. The molecular formula is C40H67FO4Si2. The third-order valence-corrected chi connectivity index (χ3v) is 17.7. The SMILES string of the molecule is CC(C)C[SiH](CC(C)C)c1ccc(COC2CCCCO2)cc1.CC(C)C[Si](F)(CC(C)C)c1ccc(COC2CCCCO2)cc1. The second-order valence-electron chi connectivity index (χ2n) is 15.8. The van der Waals surface area contributed by atoms with E-state index in [0.29, 0.717) is 37.1 Å². The summed E-state index contributed by atoms with van der Waals surface area (Å²) in [5, 5.41) is 2.55. The molecule has 0 saturated carbocycles. The first kappa shape index (κ1) is 40.1. The van der Waals surface area contributed by atoms with Gasteiger partial charge < -0.3 is 23.1 Å². The third kappa shape index (κ3) is 15.4. The van der Waals surface area contributed by atoms with Crippen molar-refractivity contribution in [2.75, 3.05) is 13.2 Å². The lowest BCUT2D eigenvalue weighted by Crippen LogP contribution is -2.45. The molecule has 2 aromatic rings. The van der Waals surface area contributed by atoms with Gasteiger partial charge in [-0.05, 0) is 90.6 Å². The Labute approximate surface area is 290 Å². The molecule has 2 fully saturated rings. The number of rotatable bonds is 16. The van der Waals surface area contributed by atoms with Crippen LogP contribution >= 0.6 is 0 Å². The van der Waals surface area contributed by atoms with Gasteiger partial charge in [-0.25, -0.2) is 0 Å². The number of halogens is 1. The first-order valence-electron chi connectivity index (χ1n) is 18.8. The molecule has 0 spiro atoms. The Balaban J connectivity index is 0.000000256. The van der Waals surface area contributed by atoms with E-state index in [4.69, 9.17) is 18.9 Å². The highest BCUT2D eigenvalue weighted by atomic mass is 28.4. The van der Waals surface area contributed by atoms with Crippen LogP contribution in [0.4, 0.5) is 4.11 Å². The summed E-state index contributed by atoms with van der Waals surface area (Å²) in [5.41, 5.74) is 2.36. The van der Waals surface area contributed by atoms with Crippen LogP contribution in [0.1, 0.15) is 105 Å². The van der Waals surface area contributed by atoms with Gasteiger partial charge in [-0.3, -0.25) is 0 Å². The lowest BCUT2D eigenvalue weighted by Gasteiger charge is -2.27. The van der Waals surface area contributed by atoms with E-state index in [0.717, 1.165) is 55.1 Å². The number of hydrogen-bond donors (Lipinski definition) is 0. The Morgan fingerprint density at radius 3 is 1.43 bits per heavy atom. The minimum absolute atomic E-state index is 0.00688. The molecule has 2 aromatic carbocycles. The highest BCUT2D eigenvalue weighted by Crippen LogP contribution is 2.27. The van der Waals surface area contributed by atoms with E-state index in [-0.39, 0.29) is 12.6 Å². The van der Waals surface area contributed by atoms with Crippen LogP contribution in [0.25, 0.3) is 0 Å². The fourth-order valence-electron chi connectivity index (χ4n) is 6.97. The lowest BCUT2D eigenvalue weighted by atomic mass is 10.2. The van der Waals surface area contributed by atoms with Crippen molar-refractivity contribution in [3.05, 3.63) is 59.7 Å². The average molecular weight is 687 g/mol. The van der Waals surface area contributed by atoms with Gasteiger partial charge in [0.1, 0.15) is 0 Å². The first-order valence-corrected chi connectivity index (χ1v) is 23.3. The van der Waals surface area contributed by atoms with Gasteiger partial charge in [-0.2, -0.15) is 0 Å². The molecule has 0 amide bonds. The van der Waals surface area contributed by atoms with E-state index in [1.165, 1.54) is 36.9 Å². The minimum atomic E-state index is -2.90. The van der Waals surface area contributed by atoms with Crippen molar-refractivity contribution in [1.29, 1.82) is 0 Å². The van der Waals surface area contributed by atoms with Gasteiger partial charge >= 0.3 is 0 Å². The molecule has 2 aliphatic heterocycles. The van der Waals surface area contributed by atoms with Crippen LogP contribution in [0.5, 0.6) is 0 Å². The van der Waals surface area contributed by atoms with Gasteiger partial charge in [0.2, 0.25) is 0 Å². The maximum Gasteiger partial charge on any atom is 0.278 e. The van der Waals surface area contributed by atoms with Gasteiger partial charge in [0.05, 0.1) is 22.0 Å². The summed E-state index contributed by atoms with van der Waals surface area (Å²) in [6.07, 6.45) is 6.64. The van der Waals surface area contributed by atoms with E-state index < -0.39 is 17.2 Å². The Bertz CT molecular complexity index is 1070. The highest BCUT2D eigenvalue weighted by Gasteiger charge is 2.37. The van der Waals surface area contributed by atoms with Crippen molar-refractivity contribution in [2.24, 2.45) is 23.7 Å². The van der Waals surface area contributed by atoms with Crippen LogP contribution < -0.4 is 10.4 Å². The van der Waals surface area contributed by atoms with Crippen molar-refractivity contribution in [3.8, 4) is 0 Å². The molecule has 2 heterocycles. The van der Waals surface area contributed by atoms with Gasteiger partial charge in [-0.1, -0.05) is 121 Å². The van der Waals surface area contributed by atoms with E-state index in [1.54, 1.807) is 5.19 Å². The van der Waals surface area contributed by atoms with Gasteiger partial charge in [0.25, 0.3) is 8.41 Å². The standard InChI is InChI=1S/C20H33FO2Si.C20H34O2Si/c1-16(2)14-24(21,15-17(3)4)19-10-8-18(9-11-19)13-23-20-7-5-6-12-22-20;1-16(2)14-23(15-17(3)4)19-10-8-18(9-11-19)13-22-20-7-5-6-12-21-20/h8-11,16-17,20H,5-7,12-15H2,1-4H3;8-11,16-17,20,23H,5-7,12-15H2,1-4H3. The molecule has 2 aliphatic rings. The van der Waals surface area contributed by atoms with Gasteiger partial charge in [-0.15, -0.1) is 0 Å². The normalized spacial score (nSPS) is 19.1. The van der Waals surface area contributed by atoms with Gasteiger partial charge in [0, 0.05) is 13.2 Å². The van der Waals surface area contributed by atoms with Crippen LogP contribution in [0.3, 0.4) is 0 Å². The van der Waals surface area contributed by atoms with Crippen LogP contribution in [-0.2, 0) is 32.2 Å². The molecule has 4 nitrogen and oxygen atoms in total. The van der Waals surface area contributed by atoms with E-state index in [2.05, 4.69) is 79.7 Å². The highest BCUT2D eigenvalue weighted by molar-refractivity contribution is 6.86. The summed E-state index contributed by atoms with van der Waals surface area (Å²) >= 11 is 0. The molecule has 4 rings (SSSR count). The molecule has 266 valence electrons. The molecule has 0 aromatic heterocycles. The number of hydrogen-bond acceptors (Lipinski definition) is 4. The molecule has 0 bridgehead atoms. The van der Waals surface area contributed by atoms with Crippen molar-refractivity contribution in [1.82, 2.24) is 0 Å². The minimum Gasteiger partial charge on any atom is -0.353 e. The number of benzene rings is 2. The Hall–Kier alpha value is -1.36. The summed E-state index contributed by atoms with van der Waals surface area (Å²) in [4.78, 5) is 0. The average Bonchev–Trinajstić information content (AvgIpc) is 3.03. The molecule has 47 heavy (non-hydrogen) atoms.